The number of phenols is 1. The SMILES string of the molecule is COc1ccc(/C(C)=N/Nc2nc3ccccc3s2)c(O)c1. The molecule has 2 aromatic carbocycles. The van der Waals surface area contributed by atoms with E-state index in [9.17, 15) is 5.11 Å². The van der Waals surface area contributed by atoms with Crippen molar-refractivity contribution in [1.29, 1.82) is 0 Å². The van der Waals surface area contributed by atoms with Gasteiger partial charge in [-0.3, -0.25) is 5.43 Å². The molecular formula is C16H15N3O2S. The first kappa shape index (κ1) is 14.3. The zero-order chi connectivity index (χ0) is 15.5. The van der Waals surface area contributed by atoms with E-state index in [0.29, 0.717) is 22.2 Å². The Morgan fingerprint density at radius 2 is 2.09 bits per heavy atom. The average Bonchev–Trinajstić information content (AvgIpc) is 2.95. The van der Waals surface area contributed by atoms with Crippen molar-refractivity contribution in [2.24, 2.45) is 5.10 Å². The van der Waals surface area contributed by atoms with Crippen molar-refractivity contribution in [3.8, 4) is 11.5 Å². The third kappa shape index (κ3) is 2.87. The van der Waals surface area contributed by atoms with Crippen LogP contribution in [-0.2, 0) is 0 Å². The first-order valence-electron chi connectivity index (χ1n) is 6.70. The predicted molar refractivity (Wildman–Crippen MR) is 90.1 cm³/mol. The van der Waals surface area contributed by atoms with E-state index in [-0.39, 0.29) is 5.75 Å². The molecule has 0 aliphatic carbocycles. The minimum Gasteiger partial charge on any atom is -0.507 e. The van der Waals surface area contributed by atoms with Crippen LogP contribution >= 0.6 is 11.3 Å². The lowest BCUT2D eigenvalue weighted by Gasteiger charge is -2.06. The van der Waals surface area contributed by atoms with Crippen LogP contribution in [0.2, 0.25) is 0 Å². The maximum Gasteiger partial charge on any atom is 0.204 e. The molecule has 3 rings (SSSR count). The molecule has 0 saturated heterocycles. The monoisotopic (exact) mass is 313 g/mol. The highest BCUT2D eigenvalue weighted by atomic mass is 32.1. The van der Waals surface area contributed by atoms with E-state index in [4.69, 9.17) is 4.74 Å². The standard InChI is InChI=1S/C16H15N3O2S/c1-10(12-8-7-11(21-2)9-14(12)20)18-19-16-17-13-5-3-4-6-15(13)22-16/h3-9,20H,1-2H3,(H,17,19)/b18-10+. The number of phenolic OH excluding ortho intramolecular Hbond substituents is 1. The summed E-state index contributed by atoms with van der Waals surface area (Å²) in [4.78, 5) is 4.45. The van der Waals surface area contributed by atoms with E-state index in [1.54, 1.807) is 25.3 Å². The molecule has 22 heavy (non-hydrogen) atoms. The Morgan fingerprint density at radius 3 is 2.82 bits per heavy atom. The number of nitrogens with one attached hydrogen (secondary N) is 1. The second-order valence-corrected chi connectivity index (χ2v) is 5.71. The summed E-state index contributed by atoms with van der Waals surface area (Å²) in [6, 6.07) is 13.0. The van der Waals surface area contributed by atoms with Crippen molar-refractivity contribution >= 4 is 32.4 Å². The third-order valence-electron chi connectivity index (χ3n) is 3.21. The molecule has 5 nitrogen and oxygen atoms in total. The van der Waals surface area contributed by atoms with Crippen LogP contribution in [0.1, 0.15) is 12.5 Å². The van der Waals surface area contributed by atoms with Crippen LogP contribution in [0.25, 0.3) is 10.2 Å². The van der Waals surface area contributed by atoms with Crippen molar-refractivity contribution in [3.05, 3.63) is 48.0 Å². The summed E-state index contributed by atoms with van der Waals surface area (Å²) in [6.45, 7) is 1.82. The number of hydrazone groups is 1. The van der Waals surface area contributed by atoms with E-state index >= 15 is 0 Å². The largest absolute Gasteiger partial charge is 0.507 e. The molecule has 112 valence electrons. The minimum atomic E-state index is 0.131. The molecule has 1 heterocycles. The highest BCUT2D eigenvalue weighted by Gasteiger charge is 2.07. The van der Waals surface area contributed by atoms with Crippen LogP contribution in [-0.4, -0.2) is 22.9 Å². The Hall–Kier alpha value is -2.60. The number of fused-ring (bicyclic) bond motifs is 1. The van der Waals surface area contributed by atoms with Crippen LogP contribution in [0.4, 0.5) is 5.13 Å². The number of aromatic hydroxyl groups is 1. The van der Waals surface area contributed by atoms with E-state index in [1.165, 1.54) is 11.3 Å². The normalized spacial score (nSPS) is 11.6. The highest BCUT2D eigenvalue weighted by Crippen LogP contribution is 2.26. The van der Waals surface area contributed by atoms with Gasteiger partial charge in [-0.25, -0.2) is 4.98 Å². The minimum absolute atomic E-state index is 0.131. The number of benzene rings is 2. The summed E-state index contributed by atoms with van der Waals surface area (Å²) < 4.78 is 6.17. The Kier molecular flexibility index (Phi) is 3.93. The first-order chi connectivity index (χ1) is 10.7. The number of nitrogens with zero attached hydrogens (tertiary/aromatic N) is 2. The van der Waals surface area contributed by atoms with Gasteiger partial charge in [-0.15, -0.1) is 0 Å². The lowest BCUT2D eigenvalue weighted by molar-refractivity contribution is 0.407. The van der Waals surface area contributed by atoms with Crippen LogP contribution in [0, 0.1) is 0 Å². The zero-order valence-corrected chi connectivity index (χ0v) is 13.0. The van der Waals surface area contributed by atoms with Gasteiger partial charge in [0.25, 0.3) is 0 Å². The van der Waals surface area contributed by atoms with Gasteiger partial charge in [0.05, 0.1) is 23.0 Å². The number of thiazole rings is 1. The van der Waals surface area contributed by atoms with E-state index in [1.807, 2.05) is 31.2 Å². The van der Waals surface area contributed by atoms with Crippen LogP contribution < -0.4 is 10.2 Å². The average molecular weight is 313 g/mol. The van der Waals surface area contributed by atoms with Gasteiger partial charge in [0.1, 0.15) is 11.5 Å². The van der Waals surface area contributed by atoms with Crippen molar-refractivity contribution in [3.63, 3.8) is 0 Å². The molecule has 0 aliphatic rings. The van der Waals surface area contributed by atoms with Gasteiger partial charge in [0, 0.05) is 11.6 Å². The van der Waals surface area contributed by atoms with Gasteiger partial charge in [-0.05, 0) is 31.2 Å². The molecule has 0 radical (unpaired) electrons. The Bertz CT molecular complexity index is 809. The van der Waals surface area contributed by atoms with Gasteiger partial charge in [-0.2, -0.15) is 5.10 Å². The second-order valence-electron chi connectivity index (χ2n) is 4.68. The fraction of sp³-hybridized carbons (Fsp3) is 0.125. The molecule has 6 heteroatoms. The third-order valence-corrected chi connectivity index (χ3v) is 4.15. The van der Waals surface area contributed by atoms with Crippen LogP contribution in [0.3, 0.4) is 0 Å². The van der Waals surface area contributed by atoms with E-state index in [2.05, 4.69) is 15.5 Å². The number of hydrogen-bond donors (Lipinski definition) is 2. The molecule has 0 unspecified atom stereocenters. The van der Waals surface area contributed by atoms with Crippen molar-refractivity contribution in [2.45, 2.75) is 6.92 Å². The first-order valence-corrected chi connectivity index (χ1v) is 7.52. The molecule has 2 N–H and O–H groups in total. The summed E-state index contributed by atoms with van der Waals surface area (Å²) in [7, 11) is 1.56. The maximum atomic E-state index is 10.0. The quantitative estimate of drug-likeness (QED) is 0.567. The highest BCUT2D eigenvalue weighted by molar-refractivity contribution is 7.22. The summed E-state index contributed by atoms with van der Waals surface area (Å²) in [6.07, 6.45) is 0. The lowest BCUT2D eigenvalue weighted by atomic mass is 10.1. The lowest BCUT2D eigenvalue weighted by Crippen LogP contribution is -2.00. The predicted octanol–water partition coefficient (Wildman–Crippen LogP) is 3.85. The number of ether oxygens (including phenoxy) is 1. The van der Waals surface area contributed by atoms with Crippen molar-refractivity contribution in [2.75, 3.05) is 12.5 Å². The van der Waals surface area contributed by atoms with Crippen LogP contribution in [0.15, 0.2) is 47.6 Å². The second kappa shape index (κ2) is 6.03. The van der Waals surface area contributed by atoms with Gasteiger partial charge in [0.2, 0.25) is 5.13 Å². The molecule has 0 saturated carbocycles. The van der Waals surface area contributed by atoms with Gasteiger partial charge in [-0.1, -0.05) is 23.5 Å². The Morgan fingerprint density at radius 1 is 1.27 bits per heavy atom. The maximum absolute atomic E-state index is 10.0. The zero-order valence-electron chi connectivity index (χ0n) is 12.2. The topological polar surface area (TPSA) is 66.7 Å². The van der Waals surface area contributed by atoms with Crippen molar-refractivity contribution in [1.82, 2.24) is 4.98 Å². The molecule has 0 amide bonds. The molecule has 3 aromatic rings. The molecule has 0 bridgehead atoms. The Labute approximate surface area is 131 Å². The fourth-order valence-corrected chi connectivity index (χ4v) is 2.86. The summed E-state index contributed by atoms with van der Waals surface area (Å²) in [5.74, 6) is 0.736. The fourth-order valence-electron chi connectivity index (χ4n) is 2.06. The van der Waals surface area contributed by atoms with Gasteiger partial charge < -0.3 is 9.84 Å². The van der Waals surface area contributed by atoms with Crippen molar-refractivity contribution < 1.29 is 9.84 Å². The summed E-state index contributed by atoms with van der Waals surface area (Å²) in [5, 5.41) is 15.0. The molecule has 0 aliphatic heterocycles. The molecule has 1 aromatic heterocycles. The van der Waals surface area contributed by atoms with Gasteiger partial charge in [0.15, 0.2) is 0 Å². The molecule has 0 atom stereocenters. The Balaban J connectivity index is 1.82. The number of hydrogen-bond acceptors (Lipinski definition) is 6. The van der Waals surface area contributed by atoms with Crippen LogP contribution in [0.5, 0.6) is 11.5 Å². The molecular weight excluding hydrogens is 298 g/mol. The number of para-hydroxylation sites is 1. The number of anilines is 1. The molecule has 0 fully saturated rings. The summed E-state index contributed by atoms with van der Waals surface area (Å²) in [5.41, 5.74) is 5.19. The van der Waals surface area contributed by atoms with E-state index in [0.717, 1.165) is 10.2 Å². The number of methoxy groups -OCH3 is 1. The smallest absolute Gasteiger partial charge is 0.204 e. The number of rotatable bonds is 4. The van der Waals surface area contributed by atoms with Gasteiger partial charge >= 0.3 is 0 Å². The molecule has 0 spiro atoms. The number of aromatic nitrogens is 1. The van der Waals surface area contributed by atoms with E-state index < -0.39 is 0 Å². The summed E-state index contributed by atoms with van der Waals surface area (Å²) >= 11 is 1.53.